The van der Waals surface area contributed by atoms with Crippen LogP contribution in [0.3, 0.4) is 0 Å². The van der Waals surface area contributed by atoms with Crippen LogP contribution >= 0.6 is 0 Å². The van der Waals surface area contributed by atoms with Crippen LogP contribution in [0.2, 0.25) is 0 Å². The summed E-state index contributed by atoms with van der Waals surface area (Å²) in [7, 11) is 0. The van der Waals surface area contributed by atoms with Crippen LogP contribution in [-0.2, 0) is 6.42 Å². The summed E-state index contributed by atoms with van der Waals surface area (Å²) in [5.74, 6) is 0.968. The summed E-state index contributed by atoms with van der Waals surface area (Å²) in [5, 5.41) is 0. The minimum absolute atomic E-state index is 0.968. The van der Waals surface area contributed by atoms with Crippen LogP contribution in [-0.4, -0.2) is 0 Å². The second kappa shape index (κ2) is 3.13. The Hall–Kier alpha value is -1.76. The van der Waals surface area contributed by atoms with Crippen molar-refractivity contribution in [2.45, 2.75) is 13.3 Å². The number of furan rings is 1. The van der Waals surface area contributed by atoms with E-state index in [9.17, 15) is 0 Å². The molecule has 2 aromatic rings. The van der Waals surface area contributed by atoms with Crippen molar-refractivity contribution in [1.29, 1.82) is 0 Å². The van der Waals surface area contributed by atoms with Crippen molar-refractivity contribution in [3.05, 3.63) is 53.3 Å². The van der Waals surface area contributed by atoms with E-state index in [1.165, 1.54) is 22.3 Å². The molecule has 15 heavy (non-hydrogen) atoms. The first-order chi connectivity index (χ1) is 7.36. The Morgan fingerprint density at radius 2 is 2.13 bits per heavy atom. The Morgan fingerprint density at radius 3 is 2.93 bits per heavy atom. The van der Waals surface area contributed by atoms with Gasteiger partial charge in [-0.2, -0.15) is 0 Å². The highest BCUT2D eigenvalue weighted by Crippen LogP contribution is 2.33. The predicted octanol–water partition coefficient (Wildman–Crippen LogP) is 3.82. The average molecular weight is 196 g/mol. The van der Waals surface area contributed by atoms with Crippen LogP contribution in [0, 0.1) is 6.92 Å². The number of allylic oxidation sites excluding steroid dienone is 1. The molecule has 1 aliphatic rings. The molecule has 74 valence electrons. The summed E-state index contributed by atoms with van der Waals surface area (Å²) in [6, 6.07) is 8.26. The molecule has 0 atom stereocenters. The van der Waals surface area contributed by atoms with Crippen LogP contribution in [0.1, 0.15) is 16.7 Å². The van der Waals surface area contributed by atoms with E-state index in [4.69, 9.17) is 4.42 Å². The molecule has 0 fully saturated rings. The van der Waals surface area contributed by atoms with Gasteiger partial charge in [-0.1, -0.05) is 24.3 Å². The van der Waals surface area contributed by atoms with E-state index < -0.39 is 0 Å². The zero-order chi connectivity index (χ0) is 10.3. The molecule has 0 radical (unpaired) electrons. The second-order valence-electron chi connectivity index (χ2n) is 3.91. The number of fused-ring (bicyclic) bond motifs is 1. The summed E-state index contributed by atoms with van der Waals surface area (Å²) < 4.78 is 5.46. The fourth-order valence-corrected chi connectivity index (χ4v) is 2.19. The zero-order valence-corrected chi connectivity index (χ0v) is 8.66. The molecule has 0 amide bonds. The molecule has 1 aliphatic carbocycles. The Morgan fingerprint density at radius 1 is 1.20 bits per heavy atom. The van der Waals surface area contributed by atoms with E-state index in [0.717, 1.165) is 12.2 Å². The molecule has 3 rings (SSSR count). The van der Waals surface area contributed by atoms with Gasteiger partial charge in [0.05, 0.1) is 6.26 Å². The molecular formula is C14H12O. The molecule has 0 spiro atoms. The molecule has 0 unspecified atom stereocenters. The summed E-state index contributed by atoms with van der Waals surface area (Å²) in [6.45, 7) is 2.15. The minimum Gasteiger partial charge on any atom is -0.464 e. The molecule has 1 nitrogen and oxygen atoms in total. The summed E-state index contributed by atoms with van der Waals surface area (Å²) >= 11 is 0. The van der Waals surface area contributed by atoms with Crippen LogP contribution in [0.5, 0.6) is 0 Å². The molecule has 1 aromatic carbocycles. The van der Waals surface area contributed by atoms with Crippen LogP contribution < -0.4 is 0 Å². The van der Waals surface area contributed by atoms with Gasteiger partial charge in [-0.25, -0.2) is 0 Å². The number of rotatable bonds is 1. The van der Waals surface area contributed by atoms with Gasteiger partial charge in [0.15, 0.2) is 0 Å². The van der Waals surface area contributed by atoms with Gasteiger partial charge in [0, 0.05) is 5.56 Å². The standard InChI is InChI=1S/C14H12O/c1-10-7-8-13(14-6-3-9-15-14)12-5-2-4-11(10)12/h2-4,6-9H,5H2,1H3. The SMILES string of the molecule is Cc1ccc(-c2ccco2)c2c1C=CC2. The third-order valence-electron chi connectivity index (χ3n) is 2.97. The van der Waals surface area contributed by atoms with Crippen molar-refractivity contribution in [2.24, 2.45) is 0 Å². The number of hydrogen-bond donors (Lipinski definition) is 0. The van der Waals surface area contributed by atoms with Gasteiger partial charge in [-0.3, -0.25) is 0 Å². The fourth-order valence-electron chi connectivity index (χ4n) is 2.19. The first-order valence-corrected chi connectivity index (χ1v) is 5.19. The third-order valence-corrected chi connectivity index (χ3v) is 2.97. The fraction of sp³-hybridized carbons (Fsp3) is 0.143. The van der Waals surface area contributed by atoms with Gasteiger partial charge >= 0.3 is 0 Å². The van der Waals surface area contributed by atoms with Crippen LogP contribution in [0.15, 0.2) is 41.0 Å². The smallest absolute Gasteiger partial charge is 0.134 e. The quantitative estimate of drug-likeness (QED) is 0.675. The molecule has 0 saturated carbocycles. The Labute approximate surface area is 89.0 Å². The van der Waals surface area contributed by atoms with E-state index in [2.05, 4.69) is 31.2 Å². The van der Waals surface area contributed by atoms with Crippen molar-refractivity contribution in [3.8, 4) is 11.3 Å². The van der Waals surface area contributed by atoms with Gasteiger partial charge < -0.3 is 4.42 Å². The van der Waals surface area contributed by atoms with E-state index >= 15 is 0 Å². The topological polar surface area (TPSA) is 13.1 Å². The highest BCUT2D eigenvalue weighted by Gasteiger charge is 2.14. The van der Waals surface area contributed by atoms with E-state index in [1.807, 2.05) is 12.1 Å². The molecule has 1 aromatic heterocycles. The monoisotopic (exact) mass is 196 g/mol. The predicted molar refractivity (Wildman–Crippen MR) is 61.6 cm³/mol. The van der Waals surface area contributed by atoms with Crippen molar-refractivity contribution in [1.82, 2.24) is 0 Å². The largest absolute Gasteiger partial charge is 0.464 e. The maximum atomic E-state index is 5.46. The lowest BCUT2D eigenvalue weighted by molar-refractivity contribution is 0.582. The average Bonchev–Trinajstić information content (AvgIpc) is 2.88. The van der Waals surface area contributed by atoms with Crippen molar-refractivity contribution < 1.29 is 4.42 Å². The normalized spacial score (nSPS) is 13.1. The van der Waals surface area contributed by atoms with Gasteiger partial charge in [-0.15, -0.1) is 0 Å². The number of aryl methyl sites for hydroxylation is 1. The third kappa shape index (κ3) is 1.23. The number of benzene rings is 1. The van der Waals surface area contributed by atoms with Gasteiger partial charge in [0.25, 0.3) is 0 Å². The zero-order valence-electron chi connectivity index (χ0n) is 8.66. The minimum atomic E-state index is 0.968. The number of hydrogen-bond acceptors (Lipinski definition) is 1. The molecular weight excluding hydrogens is 184 g/mol. The summed E-state index contributed by atoms with van der Waals surface area (Å²) in [5.41, 5.74) is 5.33. The van der Waals surface area contributed by atoms with Crippen LogP contribution in [0.4, 0.5) is 0 Å². The Bertz CT molecular complexity index is 519. The maximum absolute atomic E-state index is 5.46. The van der Waals surface area contributed by atoms with E-state index in [-0.39, 0.29) is 0 Å². The lowest BCUT2D eigenvalue weighted by Crippen LogP contribution is -1.90. The molecule has 1 heterocycles. The van der Waals surface area contributed by atoms with Gasteiger partial charge in [0.2, 0.25) is 0 Å². The van der Waals surface area contributed by atoms with E-state index in [0.29, 0.717) is 0 Å². The first kappa shape index (κ1) is 8.54. The van der Waals surface area contributed by atoms with Crippen molar-refractivity contribution in [2.75, 3.05) is 0 Å². The Balaban J connectivity index is 2.24. The summed E-state index contributed by atoms with van der Waals surface area (Å²) in [6.07, 6.45) is 7.16. The molecule has 1 heteroatoms. The second-order valence-corrected chi connectivity index (χ2v) is 3.91. The molecule has 0 saturated heterocycles. The van der Waals surface area contributed by atoms with Gasteiger partial charge in [-0.05, 0) is 42.2 Å². The van der Waals surface area contributed by atoms with Crippen molar-refractivity contribution in [3.63, 3.8) is 0 Å². The maximum Gasteiger partial charge on any atom is 0.134 e. The lowest BCUT2D eigenvalue weighted by atomic mass is 9.97. The van der Waals surface area contributed by atoms with E-state index in [1.54, 1.807) is 6.26 Å². The molecule has 0 N–H and O–H groups in total. The van der Waals surface area contributed by atoms with Crippen molar-refractivity contribution >= 4 is 6.08 Å². The molecule has 0 aliphatic heterocycles. The Kier molecular flexibility index (Phi) is 1.78. The first-order valence-electron chi connectivity index (χ1n) is 5.19. The highest BCUT2D eigenvalue weighted by molar-refractivity contribution is 5.75. The van der Waals surface area contributed by atoms with Crippen LogP contribution in [0.25, 0.3) is 17.4 Å². The molecule has 0 bridgehead atoms. The lowest BCUT2D eigenvalue weighted by Gasteiger charge is -2.08. The summed E-state index contributed by atoms with van der Waals surface area (Å²) in [4.78, 5) is 0. The van der Waals surface area contributed by atoms with Gasteiger partial charge in [0.1, 0.15) is 5.76 Å². The highest BCUT2D eigenvalue weighted by atomic mass is 16.3.